The summed E-state index contributed by atoms with van der Waals surface area (Å²) in [6.07, 6.45) is 3.45. The Bertz CT molecular complexity index is 854. The van der Waals surface area contributed by atoms with E-state index in [1.54, 1.807) is 4.90 Å². The Balaban J connectivity index is 1.64. The summed E-state index contributed by atoms with van der Waals surface area (Å²) in [7, 11) is -3.04. The lowest BCUT2D eigenvalue weighted by Gasteiger charge is -2.26. The molecule has 2 aromatic rings. The molecule has 1 fully saturated rings. The lowest BCUT2D eigenvalue weighted by atomic mass is 10.2. The minimum Gasteiger partial charge on any atom is -0.350 e. The van der Waals surface area contributed by atoms with Gasteiger partial charge < -0.3 is 10.2 Å². The number of nitrogens with one attached hydrogen (secondary N) is 1. The minimum absolute atomic E-state index is 0.0319. The van der Waals surface area contributed by atoms with E-state index in [1.807, 2.05) is 37.3 Å². The number of carbonyl (C=O) groups excluding carboxylic acids is 1. The number of amides is 1. The average Bonchev–Trinajstić information content (AvgIpc) is 3.01. The third-order valence-electron chi connectivity index (χ3n) is 4.44. The molecule has 1 unspecified atom stereocenters. The SMILES string of the molecule is CCN(C(=O)c1cnc(NCc2ccccc2)nc1)C1CCS(=O)(=O)C1. The summed E-state index contributed by atoms with van der Waals surface area (Å²) < 4.78 is 23.4. The third-order valence-corrected chi connectivity index (χ3v) is 6.19. The molecule has 1 aliphatic rings. The Morgan fingerprint density at radius 3 is 2.50 bits per heavy atom. The van der Waals surface area contributed by atoms with Gasteiger partial charge in [0.25, 0.3) is 5.91 Å². The maximum atomic E-state index is 12.7. The third kappa shape index (κ3) is 4.37. The van der Waals surface area contributed by atoms with Crippen LogP contribution in [0.5, 0.6) is 0 Å². The number of hydrogen-bond donors (Lipinski definition) is 1. The minimum atomic E-state index is -3.04. The quantitative estimate of drug-likeness (QED) is 0.828. The number of rotatable bonds is 6. The van der Waals surface area contributed by atoms with Crippen LogP contribution in [-0.2, 0) is 16.4 Å². The van der Waals surface area contributed by atoms with Crippen molar-refractivity contribution >= 4 is 21.7 Å². The van der Waals surface area contributed by atoms with Crippen LogP contribution in [0.25, 0.3) is 0 Å². The van der Waals surface area contributed by atoms with Crippen LogP contribution in [0.2, 0.25) is 0 Å². The first-order valence-corrected chi connectivity index (χ1v) is 10.4. The molecule has 1 atom stereocenters. The van der Waals surface area contributed by atoms with Gasteiger partial charge >= 0.3 is 0 Å². The lowest BCUT2D eigenvalue weighted by molar-refractivity contribution is 0.0707. The Morgan fingerprint density at radius 1 is 1.23 bits per heavy atom. The normalized spacial score (nSPS) is 18.4. The molecule has 1 amide bonds. The summed E-state index contributed by atoms with van der Waals surface area (Å²) in [5, 5.41) is 3.11. The van der Waals surface area contributed by atoms with E-state index in [1.165, 1.54) is 12.4 Å². The van der Waals surface area contributed by atoms with Gasteiger partial charge in [-0.1, -0.05) is 30.3 Å². The van der Waals surface area contributed by atoms with Gasteiger partial charge in [0.15, 0.2) is 9.84 Å². The molecule has 0 radical (unpaired) electrons. The molecular formula is C18H22N4O3S. The summed E-state index contributed by atoms with van der Waals surface area (Å²) in [4.78, 5) is 22.7. The van der Waals surface area contributed by atoms with Crippen molar-refractivity contribution in [2.75, 3.05) is 23.4 Å². The highest BCUT2D eigenvalue weighted by molar-refractivity contribution is 7.91. The number of anilines is 1. The molecule has 1 N–H and O–H groups in total. The summed E-state index contributed by atoms with van der Waals surface area (Å²) in [6, 6.07) is 9.60. The van der Waals surface area contributed by atoms with Gasteiger partial charge in [0, 0.05) is 31.5 Å². The zero-order valence-corrected chi connectivity index (χ0v) is 15.4. The van der Waals surface area contributed by atoms with Crippen molar-refractivity contribution in [3.05, 3.63) is 53.9 Å². The molecule has 1 aliphatic heterocycles. The van der Waals surface area contributed by atoms with Crippen molar-refractivity contribution in [2.45, 2.75) is 25.9 Å². The van der Waals surface area contributed by atoms with Crippen molar-refractivity contribution in [3.8, 4) is 0 Å². The van der Waals surface area contributed by atoms with Crippen LogP contribution in [0.1, 0.15) is 29.3 Å². The van der Waals surface area contributed by atoms with Crippen molar-refractivity contribution in [2.24, 2.45) is 0 Å². The zero-order chi connectivity index (χ0) is 18.6. The Labute approximate surface area is 153 Å². The number of benzene rings is 1. The number of nitrogens with zero attached hydrogens (tertiary/aromatic N) is 3. The smallest absolute Gasteiger partial charge is 0.257 e. The van der Waals surface area contributed by atoms with E-state index < -0.39 is 9.84 Å². The zero-order valence-electron chi connectivity index (χ0n) is 14.6. The van der Waals surface area contributed by atoms with E-state index in [2.05, 4.69) is 15.3 Å². The van der Waals surface area contributed by atoms with Gasteiger partial charge in [0.05, 0.1) is 17.1 Å². The standard InChI is InChI=1S/C18H22N4O3S/c1-2-22(16-8-9-26(24,25)13-16)17(23)15-11-20-18(21-12-15)19-10-14-6-4-3-5-7-14/h3-7,11-12,16H,2,8-10,13H2,1H3,(H,19,20,21). The van der Waals surface area contributed by atoms with Crippen LogP contribution in [0.3, 0.4) is 0 Å². The van der Waals surface area contributed by atoms with Crippen LogP contribution in [0, 0.1) is 0 Å². The first-order chi connectivity index (χ1) is 12.5. The molecule has 1 aromatic carbocycles. The number of aromatic nitrogens is 2. The highest BCUT2D eigenvalue weighted by Gasteiger charge is 2.34. The lowest BCUT2D eigenvalue weighted by Crippen LogP contribution is -2.41. The van der Waals surface area contributed by atoms with E-state index >= 15 is 0 Å². The second-order valence-electron chi connectivity index (χ2n) is 6.28. The molecule has 1 aromatic heterocycles. The summed E-state index contributed by atoms with van der Waals surface area (Å²) in [5.41, 5.74) is 1.47. The molecule has 8 heteroatoms. The highest BCUT2D eigenvalue weighted by Crippen LogP contribution is 2.19. The largest absolute Gasteiger partial charge is 0.350 e. The van der Waals surface area contributed by atoms with Gasteiger partial charge in [-0.15, -0.1) is 0 Å². The molecule has 138 valence electrons. The van der Waals surface area contributed by atoms with Crippen LogP contribution in [-0.4, -0.2) is 53.3 Å². The maximum Gasteiger partial charge on any atom is 0.257 e. The predicted octanol–water partition coefficient (Wildman–Crippen LogP) is 1.74. The van der Waals surface area contributed by atoms with E-state index in [0.717, 1.165) is 5.56 Å². The van der Waals surface area contributed by atoms with E-state index in [9.17, 15) is 13.2 Å². The van der Waals surface area contributed by atoms with Gasteiger partial charge in [0.1, 0.15) is 0 Å². The van der Waals surface area contributed by atoms with E-state index in [0.29, 0.717) is 31.0 Å². The Morgan fingerprint density at radius 2 is 1.92 bits per heavy atom. The topological polar surface area (TPSA) is 92.3 Å². The monoisotopic (exact) mass is 374 g/mol. The first kappa shape index (κ1) is 18.3. The molecule has 1 saturated heterocycles. The summed E-state index contributed by atoms with van der Waals surface area (Å²) in [6.45, 7) is 2.89. The Kier molecular flexibility index (Phi) is 5.51. The summed E-state index contributed by atoms with van der Waals surface area (Å²) in [5.74, 6) is 0.380. The van der Waals surface area contributed by atoms with Gasteiger partial charge in [-0.2, -0.15) is 0 Å². The van der Waals surface area contributed by atoms with Crippen LogP contribution >= 0.6 is 0 Å². The second-order valence-corrected chi connectivity index (χ2v) is 8.51. The fourth-order valence-corrected chi connectivity index (χ4v) is 4.79. The van der Waals surface area contributed by atoms with Crippen molar-refractivity contribution in [3.63, 3.8) is 0 Å². The number of sulfone groups is 1. The number of hydrogen-bond acceptors (Lipinski definition) is 6. The molecule has 7 nitrogen and oxygen atoms in total. The van der Waals surface area contributed by atoms with Gasteiger partial charge in [-0.3, -0.25) is 4.79 Å². The highest BCUT2D eigenvalue weighted by atomic mass is 32.2. The number of carbonyl (C=O) groups is 1. The average molecular weight is 374 g/mol. The van der Waals surface area contributed by atoms with Crippen LogP contribution in [0.15, 0.2) is 42.7 Å². The summed E-state index contributed by atoms with van der Waals surface area (Å²) >= 11 is 0. The van der Waals surface area contributed by atoms with Gasteiger partial charge in [0.2, 0.25) is 5.95 Å². The molecule has 26 heavy (non-hydrogen) atoms. The molecular weight excluding hydrogens is 352 g/mol. The first-order valence-electron chi connectivity index (χ1n) is 8.60. The van der Waals surface area contributed by atoms with E-state index in [-0.39, 0.29) is 23.5 Å². The Hall–Kier alpha value is -2.48. The fourth-order valence-electron chi connectivity index (χ4n) is 3.06. The van der Waals surface area contributed by atoms with Crippen LogP contribution < -0.4 is 5.32 Å². The molecule has 3 rings (SSSR count). The molecule has 2 heterocycles. The van der Waals surface area contributed by atoms with E-state index in [4.69, 9.17) is 0 Å². The van der Waals surface area contributed by atoms with Crippen molar-refractivity contribution < 1.29 is 13.2 Å². The molecule has 0 spiro atoms. The van der Waals surface area contributed by atoms with Crippen molar-refractivity contribution in [1.82, 2.24) is 14.9 Å². The maximum absolute atomic E-state index is 12.7. The molecule has 0 bridgehead atoms. The van der Waals surface area contributed by atoms with Gasteiger partial charge in [-0.25, -0.2) is 18.4 Å². The van der Waals surface area contributed by atoms with Gasteiger partial charge in [-0.05, 0) is 18.9 Å². The molecule has 0 aliphatic carbocycles. The predicted molar refractivity (Wildman–Crippen MR) is 99.6 cm³/mol. The molecule has 0 saturated carbocycles. The van der Waals surface area contributed by atoms with Crippen LogP contribution in [0.4, 0.5) is 5.95 Å². The fraction of sp³-hybridized carbons (Fsp3) is 0.389. The second kappa shape index (κ2) is 7.82. The van der Waals surface area contributed by atoms with Crippen molar-refractivity contribution in [1.29, 1.82) is 0 Å².